The van der Waals surface area contributed by atoms with Crippen molar-refractivity contribution in [2.75, 3.05) is 6.54 Å². The first kappa shape index (κ1) is 11.1. The number of aryl methyl sites for hydroxylation is 1. The molecule has 1 saturated heterocycles. The zero-order chi connectivity index (χ0) is 10.8. The molecule has 1 aliphatic heterocycles. The van der Waals surface area contributed by atoms with Gasteiger partial charge in [-0.25, -0.2) is 0 Å². The number of hydrogen-bond donors (Lipinski definition) is 1. The Labute approximate surface area is 96.1 Å². The van der Waals surface area contributed by atoms with Gasteiger partial charge in [0.1, 0.15) is 0 Å². The summed E-state index contributed by atoms with van der Waals surface area (Å²) in [5, 5.41) is 4.51. The minimum atomic E-state index is 0.417. The van der Waals surface area contributed by atoms with E-state index in [1.807, 2.05) is 0 Å². The van der Waals surface area contributed by atoms with E-state index in [0.717, 1.165) is 25.9 Å². The highest BCUT2D eigenvalue weighted by molar-refractivity contribution is 7.08. The SMILES string of the molecule is Cc1cscc1CN1CCC(N)CC1C. The summed E-state index contributed by atoms with van der Waals surface area (Å²) in [5.74, 6) is 0. The Bertz CT molecular complexity index is 321. The van der Waals surface area contributed by atoms with Gasteiger partial charge < -0.3 is 5.73 Å². The Morgan fingerprint density at radius 1 is 1.53 bits per heavy atom. The van der Waals surface area contributed by atoms with Gasteiger partial charge in [-0.2, -0.15) is 11.3 Å². The first-order valence-corrected chi connectivity index (χ1v) is 6.62. The Morgan fingerprint density at radius 2 is 2.33 bits per heavy atom. The third-order valence-electron chi connectivity index (χ3n) is 3.39. The highest BCUT2D eigenvalue weighted by Gasteiger charge is 2.23. The molecule has 0 amide bonds. The number of nitrogens with two attached hydrogens (primary N) is 1. The third-order valence-corrected chi connectivity index (χ3v) is 4.30. The molecule has 0 aliphatic carbocycles. The quantitative estimate of drug-likeness (QED) is 0.835. The fraction of sp³-hybridized carbons (Fsp3) is 0.667. The number of likely N-dealkylation sites (tertiary alicyclic amines) is 1. The Balaban J connectivity index is 1.98. The van der Waals surface area contributed by atoms with Crippen LogP contribution in [0, 0.1) is 6.92 Å². The summed E-state index contributed by atoms with van der Waals surface area (Å²) in [7, 11) is 0. The van der Waals surface area contributed by atoms with Gasteiger partial charge in [-0.3, -0.25) is 4.90 Å². The van der Waals surface area contributed by atoms with Gasteiger partial charge >= 0.3 is 0 Å². The van der Waals surface area contributed by atoms with Gasteiger partial charge in [-0.1, -0.05) is 0 Å². The van der Waals surface area contributed by atoms with Gasteiger partial charge in [0.25, 0.3) is 0 Å². The second-order valence-electron chi connectivity index (χ2n) is 4.68. The molecule has 2 unspecified atom stereocenters. The van der Waals surface area contributed by atoms with E-state index >= 15 is 0 Å². The molecular formula is C12H20N2S. The molecule has 1 aromatic rings. The summed E-state index contributed by atoms with van der Waals surface area (Å²) in [6.07, 6.45) is 2.29. The van der Waals surface area contributed by atoms with E-state index < -0.39 is 0 Å². The first-order chi connectivity index (χ1) is 7.16. The van der Waals surface area contributed by atoms with Crippen LogP contribution in [0.25, 0.3) is 0 Å². The molecule has 1 aromatic heterocycles. The van der Waals surface area contributed by atoms with E-state index in [1.54, 1.807) is 11.3 Å². The molecule has 1 aliphatic rings. The zero-order valence-corrected chi connectivity index (χ0v) is 10.4. The van der Waals surface area contributed by atoms with Crippen LogP contribution < -0.4 is 5.73 Å². The molecule has 0 radical (unpaired) electrons. The van der Waals surface area contributed by atoms with Crippen LogP contribution in [0.4, 0.5) is 0 Å². The Kier molecular flexibility index (Phi) is 3.44. The van der Waals surface area contributed by atoms with Crippen LogP contribution in [0.5, 0.6) is 0 Å². The van der Waals surface area contributed by atoms with Crippen LogP contribution in [0.3, 0.4) is 0 Å². The van der Waals surface area contributed by atoms with Crippen molar-refractivity contribution in [2.45, 2.75) is 45.3 Å². The van der Waals surface area contributed by atoms with Crippen molar-refractivity contribution in [3.8, 4) is 0 Å². The van der Waals surface area contributed by atoms with Gasteiger partial charge in [0.15, 0.2) is 0 Å². The highest BCUT2D eigenvalue weighted by atomic mass is 32.1. The van der Waals surface area contributed by atoms with E-state index in [9.17, 15) is 0 Å². The normalized spacial score (nSPS) is 28.2. The maximum Gasteiger partial charge on any atom is 0.0247 e. The maximum atomic E-state index is 5.97. The minimum Gasteiger partial charge on any atom is -0.328 e. The van der Waals surface area contributed by atoms with Crippen molar-refractivity contribution in [2.24, 2.45) is 5.73 Å². The molecule has 2 atom stereocenters. The molecule has 3 heteroatoms. The third kappa shape index (κ3) is 2.60. The van der Waals surface area contributed by atoms with Gasteiger partial charge in [0.05, 0.1) is 0 Å². The van der Waals surface area contributed by atoms with E-state index in [4.69, 9.17) is 5.73 Å². The molecule has 0 aromatic carbocycles. The molecule has 2 N–H and O–H groups in total. The molecular weight excluding hydrogens is 204 g/mol. The molecule has 15 heavy (non-hydrogen) atoms. The largest absolute Gasteiger partial charge is 0.328 e. The van der Waals surface area contributed by atoms with Crippen LogP contribution in [-0.2, 0) is 6.54 Å². The van der Waals surface area contributed by atoms with Crippen LogP contribution in [0.2, 0.25) is 0 Å². The second-order valence-corrected chi connectivity index (χ2v) is 5.43. The predicted octanol–water partition coefficient (Wildman–Crippen LogP) is 2.37. The molecule has 0 bridgehead atoms. The average Bonchev–Trinajstić information content (AvgIpc) is 2.57. The molecule has 0 spiro atoms. The number of hydrogen-bond acceptors (Lipinski definition) is 3. The summed E-state index contributed by atoms with van der Waals surface area (Å²) in [6, 6.07) is 1.05. The lowest BCUT2D eigenvalue weighted by Gasteiger charge is -2.36. The summed E-state index contributed by atoms with van der Waals surface area (Å²) >= 11 is 1.81. The smallest absolute Gasteiger partial charge is 0.0247 e. The molecule has 2 heterocycles. The van der Waals surface area contributed by atoms with Crippen molar-refractivity contribution >= 4 is 11.3 Å². The highest BCUT2D eigenvalue weighted by Crippen LogP contribution is 2.21. The lowest BCUT2D eigenvalue weighted by atomic mass is 9.98. The molecule has 84 valence electrons. The fourth-order valence-corrected chi connectivity index (χ4v) is 3.11. The molecule has 1 fully saturated rings. The summed E-state index contributed by atoms with van der Waals surface area (Å²) in [4.78, 5) is 2.55. The maximum absolute atomic E-state index is 5.97. The summed E-state index contributed by atoms with van der Waals surface area (Å²) < 4.78 is 0. The summed E-state index contributed by atoms with van der Waals surface area (Å²) in [5.41, 5.74) is 8.89. The number of thiophene rings is 1. The predicted molar refractivity (Wildman–Crippen MR) is 66.1 cm³/mol. The van der Waals surface area contributed by atoms with E-state index in [-0.39, 0.29) is 0 Å². The van der Waals surface area contributed by atoms with Gasteiger partial charge in [-0.05, 0) is 48.6 Å². The van der Waals surface area contributed by atoms with E-state index in [2.05, 4.69) is 29.5 Å². The average molecular weight is 224 g/mol. The Hall–Kier alpha value is -0.380. The Morgan fingerprint density at radius 3 is 2.93 bits per heavy atom. The van der Waals surface area contributed by atoms with Crippen LogP contribution >= 0.6 is 11.3 Å². The van der Waals surface area contributed by atoms with Crippen LogP contribution in [0.15, 0.2) is 10.8 Å². The lowest BCUT2D eigenvalue weighted by molar-refractivity contribution is 0.140. The molecule has 0 saturated carbocycles. The molecule has 2 rings (SSSR count). The van der Waals surface area contributed by atoms with Crippen molar-refractivity contribution < 1.29 is 0 Å². The lowest BCUT2D eigenvalue weighted by Crippen LogP contribution is -2.44. The van der Waals surface area contributed by atoms with Crippen molar-refractivity contribution in [3.05, 3.63) is 21.9 Å². The van der Waals surface area contributed by atoms with E-state index in [1.165, 1.54) is 11.1 Å². The minimum absolute atomic E-state index is 0.417. The van der Waals surface area contributed by atoms with Crippen LogP contribution in [0.1, 0.15) is 30.9 Å². The first-order valence-electron chi connectivity index (χ1n) is 5.68. The van der Waals surface area contributed by atoms with Crippen LogP contribution in [-0.4, -0.2) is 23.5 Å². The number of rotatable bonds is 2. The van der Waals surface area contributed by atoms with Crippen molar-refractivity contribution in [1.29, 1.82) is 0 Å². The van der Waals surface area contributed by atoms with Gasteiger partial charge in [-0.15, -0.1) is 0 Å². The van der Waals surface area contributed by atoms with Gasteiger partial charge in [0.2, 0.25) is 0 Å². The second kappa shape index (κ2) is 4.64. The van der Waals surface area contributed by atoms with Crippen molar-refractivity contribution in [1.82, 2.24) is 4.90 Å². The zero-order valence-electron chi connectivity index (χ0n) is 9.57. The van der Waals surface area contributed by atoms with Gasteiger partial charge in [0, 0.05) is 25.2 Å². The molecule has 2 nitrogen and oxygen atoms in total. The number of nitrogens with zero attached hydrogens (tertiary/aromatic N) is 1. The monoisotopic (exact) mass is 224 g/mol. The van der Waals surface area contributed by atoms with E-state index in [0.29, 0.717) is 12.1 Å². The topological polar surface area (TPSA) is 29.3 Å². The summed E-state index contributed by atoms with van der Waals surface area (Å²) in [6.45, 7) is 6.74. The fourth-order valence-electron chi connectivity index (χ4n) is 2.26. The standard InChI is InChI=1S/C12H20N2S/c1-9-7-15-8-11(9)6-14-4-3-12(13)5-10(14)2/h7-8,10,12H,3-6,13H2,1-2H3. The number of piperidine rings is 1. The van der Waals surface area contributed by atoms with Crippen molar-refractivity contribution in [3.63, 3.8) is 0 Å².